The zero-order valence-corrected chi connectivity index (χ0v) is 14.5. The summed E-state index contributed by atoms with van der Waals surface area (Å²) in [5, 5.41) is 0. The summed E-state index contributed by atoms with van der Waals surface area (Å²) in [6, 6.07) is 7.24. The quantitative estimate of drug-likeness (QED) is 0.175. The van der Waals surface area contributed by atoms with E-state index < -0.39 is 10.4 Å². The van der Waals surface area contributed by atoms with E-state index in [9.17, 15) is 8.42 Å². The van der Waals surface area contributed by atoms with Gasteiger partial charge in [-0.2, -0.15) is 8.42 Å². The van der Waals surface area contributed by atoms with E-state index in [1.807, 2.05) is 12.1 Å². The van der Waals surface area contributed by atoms with E-state index in [0.717, 1.165) is 24.8 Å². The van der Waals surface area contributed by atoms with E-state index in [1.54, 1.807) is 12.1 Å². The van der Waals surface area contributed by atoms with Crippen LogP contribution in [0.5, 0.6) is 5.75 Å². The molecule has 0 N–H and O–H groups in total. The van der Waals surface area contributed by atoms with E-state index >= 15 is 0 Å². The molecule has 0 aliphatic heterocycles. The van der Waals surface area contributed by atoms with Gasteiger partial charge < -0.3 is 4.89 Å². The van der Waals surface area contributed by atoms with Gasteiger partial charge in [-0.25, -0.2) is 4.18 Å². The molecular weight excluding hydrogens is 339 g/mol. The van der Waals surface area contributed by atoms with Crippen LogP contribution in [0.1, 0.15) is 51.0 Å². The molecule has 132 valence electrons. The number of para-hydroxylation sites is 1. The zero-order chi connectivity index (χ0) is 17.0. The molecular formula is C17H27NaO5S. The fraction of sp³-hybridized carbons (Fsp3) is 0.529. The van der Waals surface area contributed by atoms with Crippen molar-refractivity contribution in [1.82, 2.24) is 0 Å². The number of hydrogen-bond acceptors (Lipinski definition) is 5. The Labute approximate surface area is 167 Å². The zero-order valence-electron chi connectivity index (χ0n) is 13.7. The average molecular weight is 366 g/mol. The molecule has 0 aromatic heterocycles. The Balaban J connectivity index is 0.00000529. The van der Waals surface area contributed by atoms with Gasteiger partial charge in [0.25, 0.3) is 0 Å². The minimum atomic E-state index is -4.19. The molecule has 7 heteroatoms. The molecule has 24 heavy (non-hydrogen) atoms. The molecule has 0 amide bonds. The van der Waals surface area contributed by atoms with Crippen molar-refractivity contribution in [1.29, 1.82) is 0 Å². The Morgan fingerprint density at radius 1 is 1.08 bits per heavy atom. The Hall–Kier alpha value is -0.370. The average Bonchev–Trinajstić information content (AvgIpc) is 2.55. The van der Waals surface area contributed by atoms with Gasteiger partial charge in [-0.05, 0) is 28.8 Å². The molecule has 0 saturated heterocycles. The monoisotopic (exact) mass is 366 g/mol. The summed E-state index contributed by atoms with van der Waals surface area (Å²) in [5.74, 6) is 0.395. The summed E-state index contributed by atoms with van der Waals surface area (Å²) in [6.45, 7) is 5.40. The number of benzene rings is 1. The van der Waals surface area contributed by atoms with Crippen molar-refractivity contribution < 1.29 is 21.8 Å². The summed E-state index contributed by atoms with van der Waals surface area (Å²) in [4.78, 5) is 4.95. The summed E-state index contributed by atoms with van der Waals surface area (Å²) in [5.41, 5.74) is 0.918. The van der Waals surface area contributed by atoms with Gasteiger partial charge in [0, 0.05) is 0 Å². The van der Waals surface area contributed by atoms with Gasteiger partial charge in [0.05, 0.1) is 6.61 Å². The Bertz CT molecular complexity index is 560. The van der Waals surface area contributed by atoms with Crippen LogP contribution in [0.2, 0.25) is 0 Å². The molecule has 0 heterocycles. The van der Waals surface area contributed by atoms with Gasteiger partial charge in [-0.15, -0.1) is 6.58 Å². The fourth-order valence-corrected chi connectivity index (χ4v) is 2.58. The molecule has 1 rings (SSSR count). The molecule has 0 fully saturated rings. The van der Waals surface area contributed by atoms with Crippen molar-refractivity contribution >= 4 is 40.0 Å². The summed E-state index contributed by atoms with van der Waals surface area (Å²) < 4.78 is 31.7. The second kappa shape index (κ2) is 13.9. The second-order valence-electron chi connectivity index (χ2n) is 5.26. The summed E-state index contributed by atoms with van der Waals surface area (Å²) in [7, 11) is -4.19. The van der Waals surface area contributed by atoms with Crippen molar-refractivity contribution in [3.63, 3.8) is 0 Å². The second-order valence-corrected chi connectivity index (χ2v) is 6.45. The first kappa shape index (κ1) is 23.6. The fourth-order valence-electron chi connectivity index (χ4n) is 2.12. The van der Waals surface area contributed by atoms with Gasteiger partial charge in [-0.3, -0.25) is 0 Å². The van der Waals surface area contributed by atoms with Gasteiger partial charge >= 0.3 is 40.0 Å². The first-order valence-electron chi connectivity index (χ1n) is 8.03. The molecule has 5 nitrogen and oxygen atoms in total. The van der Waals surface area contributed by atoms with Gasteiger partial charge in [-0.1, -0.05) is 63.3 Å². The molecule has 0 aliphatic rings. The third kappa shape index (κ3) is 10.5. The maximum absolute atomic E-state index is 11.4. The van der Waals surface area contributed by atoms with Gasteiger partial charge in [0.1, 0.15) is 0 Å². The first-order chi connectivity index (χ1) is 11.1. The predicted octanol–water partition coefficient (Wildman–Crippen LogP) is 3.70. The van der Waals surface area contributed by atoms with Crippen LogP contribution in [0.3, 0.4) is 0 Å². The summed E-state index contributed by atoms with van der Waals surface area (Å²) >= 11 is 0. The van der Waals surface area contributed by atoms with Crippen LogP contribution in [0.4, 0.5) is 0 Å². The van der Waals surface area contributed by atoms with E-state index in [2.05, 4.69) is 22.0 Å². The Kier molecular flexibility index (Phi) is 13.7. The molecule has 1 aromatic carbocycles. The number of unbranched alkanes of at least 4 members (excludes halogenated alkanes) is 5. The van der Waals surface area contributed by atoms with Crippen LogP contribution in [0.25, 0.3) is 0 Å². The maximum atomic E-state index is 11.4. The number of rotatable bonds is 13. The van der Waals surface area contributed by atoms with E-state index in [-0.39, 0.29) is 36.2 Å². The predicted molar refractivity (Wildman–Crippen MR) is 97.5 cm³/mol. The van der Waals surface area contributed by atoms with E-state index in [1.165, 1.54) is 31.8 Å². The SMILES string of the molecule is C=CCOS(=O)(=O)OOc1ccccc1CCCCCCCC.[NaH]. The topological polar surface area (TPSA) is 61.8 Å². The standard InChI is InChI=1S/C17H26O5S.Na.H/c1-3-5-6-7-8-9-12-16-13-10-11-14-17(16)21-22-23(18,19)20-15-4-2;;/h4,10-11,13-14H,2-3,5-9,12,15H2,1H3;;. The normalized spacial score (nSPS) is 10.9. The number of aryl methyl sites for hydroxylation is 1. The van der Waals surface area contributed by atoms with E-state index in [4.69, 9.17) is 4.89 Å². The van der Waals surface area contributed by atoms with E-state index in [0.29, 0.717) is 5.75 Å². The van der Waals surface area contributed by atoms with Gasteiger partial charge in [0.2, 0.25) is 0 Å². The molecule has 0 saturated carbocycles. The number of hydrogen-bond donors (Lipinski definition) is 0. The minimum absolute atomic E-state index is 0. The van der Waals surface area contributed by atoms with Crippen LogP contribution in [0.15, 0.2) is 36.9 Å². The molecule has 1 aromatic rings. The molecule has 0 bridgehead atoms. The van der Waals surface area contributed by atoms with Crippen LogP contribution in [0, 0.1) is 0 Å². The van der Waals surface area contributed by atoms with Crippen LogP contribution >= 0.6 is 0 Å². The first-order valence-corrected chi connectivity index (χ1v) is 9.36. The molecule has 0 radical (unpaired) electrons. The Morgan fingerprint density at radius 3 is 2.46 bits per heavy atom. The molecule has 0 unspecified atom stereocenters. The third-order valence-electron chi connectivity index (χ3n) is 3.31. The summed E-state index contributed by atoms with van der Waals surface area (Å²) in [6.07, 6.45) is 9.30. The third-order valence-corrected chi connectivity index (χ3v) is 3.97. The van der Waals surface area contributed by atoms with Crippen LogP contribution in [-0.4, -0.2) is 44.6 Å². The van der Waals surface area contributed by atoms with Gasteiger partial charge in [0.15, 0.2) is 5.75 Å². The Morgan fingerprint density at radius 2 is 1.75 bits per heavy atom. The molecule has 0 spiro atoms. The van der Waals surface area contributed by atoms with Crippen molar-refractivity contribution in [2.24, 2.45) is 0 Å². The van der Waals surface area contributed by atoms with Crippen molar-refractivity contribution in [3.8, 4) is 5.75 Å². The molecule has 0 atom stereocenters. The van der Waals surface area contributed by atoms with Crippen LogP contribution < -0.4 is 4.89 Å². The van der Waals surface area contributed by atoms with Crippen molar-refractivity contribution in [3.05, 3.63) is 42.5 Å². The van der Waals surface area contributed by atoms with Crippen molar-refractivity contribution in [2.75, 3.05) is 6.61 Å². The van der Waals surface area contributed by atoms with Crippen LogP contribution in [-0.2, 0) is 25.3 Å². The van der Waals surface area contributed by atoms with Crippen molar-refractivity contribution in [2.45, 2.75) is 51.9 Å². The molecule has 0 aliphatic carbocycles.